The Morgan fingerprint density at radius 3 is 2.69 bits per heavy atom. The molecular weight excluding hydrogens is 243 g/mol. The zero-order valence-electron chi connectivity index (χ0n) is 8.41. The van der Waals surface area contributed by atoms with E-state index in [4.69, 9.17) is 5.73 Å². The monoisotopic (exact) mass is 253 g/mol. The number of amides is 1. The van der Waals surface area contributed by atoms with Crippen LogP contribution < -0.4 is 5.73 Å². The molecule has 0 aliphatic rings. The average Bonchev–Trinajstić information content (AvgIpc) is 2.48. The number of nitrogens with zero attached hydrogens (tertiary/aromatic N) is 2. The van der Waals surface area contributed by atoms with E-state index in [9.17, 15) is 18.0 Å². The van der Waals surface area contributed by atoms with E-state index in [1.807, 2.05) is 0 Å². The molecule has 0 fully saturated rings. The van der Waals surface area contributed by atoms with Crippen LogP contribution in [-0.2, 0) is 11.2 Å². The second-order valence-corrected chi connectivity index (χ2v) is 4.11. The van der Waals surface area contributed by atoms with Crippen LogP contribution in [0.4, 0.5) is 18.3 Å². The molecule has 16 heavy (non-hydrogen) atoms. The molecule has 0 bridgehead atoms. The number of carbonyl (C=O) groups is 1. The van der Waals surface area contributed by atoms with Gasteiger partial charge in [-0.2, -0.15) is 13.2 Å². The van der Waals surface area contributed by atoms with E-state index in [2.05, 4.69) is 4.98 Å². The smallest absolute Gasteiger partial charge is 0.375 e. The van der Waals surface area contributed by atoms with Crippen LogP contribution in [0.15, 0.2) is 5.38 Å². The molecule has 0 unspecified atom stereocenters. The fourth-order valence-corrected chi connectivity index (χ4v) is 1.61. The molecule has 2 N–H and O–H groups in total. The summed E-state index contributed by atoms with van der Waals surface area (Å²) >= 11 is 1.14. The van der Waals surface area contributed by atoms with Gasteiger partial charge in [-0.3, -0.25) is 4.79 Å². The van der Waals surface area contributed by atoms with E-state index in [1.54, 1.807) is 5.38 Å². The Kier molecular flexibility index (Phi) is 3.74. The third-order valence-electron chi connectivity index (χ3n) is 1.74. The second kappa shape index (κ2) is 4.69. The Labute approximate surface area is 93.9 Å². The van der Waals surface area contributed by atoms with Crippen molar-refractivity contribution in [1.29, 1.82) is 0 Å². The van der Waals surface area contributed by atoms with Crippen LogP contribution in [0.25, 0.3) is 0 Å². The minimum Gasteiger partial charge on any atom is -0.375 e. The number of hydrogen-bond acceptors (Lipinski definition) is 4. The normalized spacial score (nSPS) is 11.5. The number of thiazole rings is 1. The summed E-state index contributed by atoms with van der Waals surface area (Å²) in [6, 6.07) is 0. The van der Waals surface area contributed by atoms with Crippen molar-refractivity contribution in [3.05, 3.63) is 11.1 Å². The molecule has 0 radical (unpaired) electrons. The van der Waals surface area contributed by atoms with Crippen LogP contribution in [0.2, 0.25) is 0 Å². The minimum absolute atomic E-state index is 0.166. The fraction of sp³-hybridized carbons (Fsp3) is 0.500. The maximum Gasteiger partial charge on any atom is 0.406 e. The summed E-state index contributed by atoms with van der Waals surface area (Å²) < 4.78 is 35.9. The summed E-state index contributed by atoms with van der Waals surface area (Å²) in [6.45, 7) is -1.26. The number of nitrogen functional groups attached to an aromatic ring is 1. The van der Waals surface area contributed by atoms with Gasteiger partial charge in [0.05, 0.1) is 12.1 Å². The molecule has 8 heteroatoms. The van der Waals surface area contributed by atoms with Gasteiger partial charge in [0.2, 0.25) is 5.91 Å². The van der Waals surface area contributed by atoms with E-state index in [-0.39, 0.29) is 6.42 Å². The average molecular weight is 253 g/mol. The van der Waals surface area contributed by atoms with Crippen molar-refractivity contribution < 1.29 is 18.0 Å². The first-order valence-electron chi connectivity index (χ1n) is 4.28. The maximum absolute atomic E-state index is 12.0. The van der Waals surface area contributed by atoms with Crippen LogP contribution in [0.3, 0.4) is 0 Å². The lowest BCUT2D eigenvalue weighted by Gasteiger charge is -2.18. The first-order chi connectivity index (χ1) is 7.28. The van der Waals surface area contributed by atoms with Crippen molar-refractivity contribution in [3.8, 4) is 0 Å². The highest BCUT2D eigenvalue weighted by Gasteiger charge is 2.31. The Morgan fingerprint density at radius 2 is 2.25 bits per heavy atom. The third-order valence-corrected chi connectivity index (χ3v) is 2.47. The Balaban J connectivity index is 2.52. The molecule has 1 amide bonds. The van der Waals surface area contributed by atoms with Gasteiger partial charge >= 0.3 is 6.18 Å². The number of carbonyl (C=O) groups excluding carboxylic acids is 1. The molecule has 1 rings (SSSR count). The van der Waals surface area contributed by atoms with Gasteiger partial charge in [-0.25, -0.2) is 4.98 Å². The lowest BCUT2D eigenvalue weighted by molar-refractivity contribution is -0.158. The molecule has 0 saturated heterocycles. The van der Waals surface area contributed by atoms with Crippen LogP contribution in [0.5, 0.6) is 0 Å². The molecule has 0 aliphatic heterocycles. The summed E-state index contributed by atoms with van der Waals surface area (Å²) in [5, 5.41) is 1.84. The first-order valence-corrected chi connectivity index (χ1v) is 5.16. The number of aromatic nitrogens is 1. The summed E-state index contributed by atoms with van der Waals surface area (Å²) in [5.41, 5.74) is 5.72. The Bertz CT molecular complexity index is 377. The highest BCUT2D eigenvalue weighted by molar-refractivity contribution is 7.13. The van der Waals surface area contributed by atoms with Gasteiger partial charge in [-0.15, -0.1) is 11.3 Å². The number of nitrogens with two attached hydrogens (primary N) is 1. The van der Waals surface area contributed by atoms with E-state index >= 15 is 0 Å². The number of halogens is 3. The standard InChI is InChI=1S/C8H10F3N3OS/c1-14(4-8(9,10)11)6(15)2-5-3-16-7(12)13-5/h3H,2,4H2,1H3,(H2,12,13). The predicted octanol–water partition coefficient (Wildman–Crippen LogP) is 1.29. The molecule has 0 aromatic carbocycles. The van der Waals surface area contributed by atoms with Crippen LogP contribution in [0.1, 0.15) is 5.69 Å². The van der Waals surface area contributed by atoms with Crippen LogP contribution in [-0.4, -0.2) is 35.6 Å². The summed E-state index contributed by atoms with van der Waals surface area (Å²) in [7, 11) is 1.10. The van der Waals surface area contributed by atoms with Gasteiger partial charge < -0.3 is 10.6 Å². The molecule has 1 aromatic heterocycles. The van der Waals surface area contributed by atoms with E-state index in [0.717, 1.165) is 18.4 Å². The highest BCUT2D eigenvalue weighted by Crippen LogP contribution is 2.17. The number of likely N-dealkylation sites (N-methyl/N-ethyl adjacent to an activating group) is 1. The van der Waals surface area contributed by atoms with Crippen molar-refractivity contribution in [2.45, 2.75) is 12.6 Å². The summed E-state index contributed by atoms with van der Waals surface area (Å²) in [4.78, 5) is 15.8. The van der Waals surface area contributed by atoms with Gasteiger partial charge in [0.1, 0.15) is 6.54 Å². The van der Waals surface area contributed by atoms with Crippen molar-refractivity contribution >= 4 is 22.4 Å². The van der Waals surface area contributed by atoms with Gasteiger partial charge in [0.15, 0.2) is 5.13 Å². The fourth-order valence-electron chi connectivity index (χ4n) is 1.05. The Morgan fingerprint density at radius 1 is 1.62 bits per heavy atom. The quantitative estimate of drug-likeness (QED) is 0.883. The maximum atomic E-state index is 12.0. The van der Waals surface area contributed by atoms with Gasteiger partial charge in [-0.1, -0.05) is 0 Å². The van der Waals surface area contributed by atoms with E-state index in [1.165, 1.54) is 0 Å². The minimum atomic E-state index is -4.38. The Hall–Kier alpha value is -1.31. The lowest BCUT2D eigenvalue weighted by atomic mass is 10.3. The lowest BCUT2D eigenvalue weighted by Crippen LogP contribution is -2.36. The second-order valence-electron chi connectivity index (χ2n) is 3.22. The highest BCUT2D eigenvalue weighted by atomic mass is 32.1. The van der Waals surface area contributed by atoms with Crippen LogP contribution >= 0.6 is 11.3 Å². The van der Waals surface area contributed by atoms with Crippen molar-refractivity contribution in [3.63, 3.8) is 0 Å². The molecule has 1 heterocycles. The molecule has 0 atom stereocenters. The molecule has 1 aromatic rings. The number of rotatable bonds is 3. The zero-order chi connectivity index (χ0) is 12.3. The van der Waals surface area contributed by atoms with Crippen LogP contribution in [0, 0.1) is 0 Å². The molecule has 0 spiro atoms. The van der Waals surface area contributed by atoms with E-state index in [0.29, 0.717) is 15.7 Å². The molecular formula is C8H10F3N3OS. The van der Waals surface area contributed by atoms with Crippen molar-refractivity contribution in [2.24, 2.45) is 0 Å². The van der Waals surface area contributed by atoms with Gasteiger partial charge in [-0.05, 0) is 0 Å². The molecule has 90 valence electrons. The SMILES string of the molecule is CN(CC(F)(F)F)C(=O)Cc1csc(N)n1. The molecule has 0 aliphatic carbocycles. The number of alkyl halides is 3. The summed E-state index contributed by atoms with van der Waals surface area (Å²) in [5.74, 6) is -0.636. The first kappa shape index (κ1) is 12.8. The topological polar surface area (TPSA) is 59.2 Å². The predicted molar refractivity (Wildman–Crippen MR) is 53.9 cm³/mol. The molecule has 4 nitrogen and oxygen atoms in total. The van der Waals surface area contributed by atoms with Crippen molar-refractivity contribution in [2.75, 3.05) is 19.3 Å². The van der Waals surface area contributed by atoms with Crippen molar-refractivity contribution in [1.82, 2.24) is 9.88 Å². The van der Waals surface area contributed by atoms with Gasteiger partial charge in [0.25, 0.3) is 0 Å². The number of hydrogen-bond donors (Lipinski definition) is 1. The van der Waals surface area contributed by atoms with Gasteiger partial charge in [0, 0.05) is 12.4 Å². The third kappa shape index (κ3) is 4.05. The number of anilines is 1. The zero-order valence-corrected chi connectivity index (χ0v) is 9.23. The largest absolute Gasteiger partial charge is 0.406 e. The molecule has 0 saturated carbocycles. The van der Waals surface area contributed by atoms with E-state index < -0.39 is 18.6 Å². The summed E-state index contributed by atoms with van der Waals surface area (Å²) in [6.07, 6.45) is -4.55.